The zero-order chi connectivity index (χ0) is 14.5. The summed E-state index contributed by atoms with van der Waals surface area (Å²) in [5.41, 5.74) is 0.220. The maximum absolute atomic E-state index is 11.6. The lowest BCUT2D eigenvalue weighted by Crippen LogP contribution is -2.55. The number of carboxylic acid groups (broad SMARTS) is 1. The topological polar surface area (TPSA) is 107 Å². The first-order valence-corrected chi connectivity index (χ1v) is 6.45. The summed E-state index contributed by atoms with van der Waals surface area (Å²) < 4.78 is 0. The largest absolute Gasteiger partial charge is 0.480 e. The minimum atomic E-state index is -0.910. The molecule has 1 aliphatic heterocycles. The number of amides is 1. The number of aliphatic carboxylic acids is 1. The van der Waals surface area contributed by atoms with Crippen molar-refractivity contribution in [1.29, 1.82) is 0 Å². The zero-order valence-corrected chi connectivity index (χ0v) is 11.2. The van der Waals surface area contributed by atoms with Gasteiger partial charge in [-0.25, -0.2) is 4.79 Å². The maximum Gasteiger partial charge on any atom is 0.327 e. The van der Waals surface area contributed by atoms with Gasteiger partial charge in [0.25, 0.3) is 5.91 Å². The molecule has 2 heterocycles. The summed E-state index contributed by atoms with van der Waals surface area (Å²) in [6.45, 7) is 3.91. The first kappa shape index (κ1) is 14.2. The van der Waals surface area contributed by atoms with E-state index in [0.29, 0.717) is 32.0 Å². The molecule has 1 amide bonds. The van der Waals surface area contributed by atoms with Crippen LogP contribution in [0.25, 0.3) is 0 Å². The summed E-state index contributed by atoms with van der Waals surface area (Å²) in [4.78, 5) is 24.5. The fourth-order valence-electron chi connectivity index (χ4n) is 2.05. The molecule has 0 spiro atoms. The smallest absolute Gasteiger partial charge is 0.327 e. The highest BCUT2D eigenvalue weighted by molar-refractivity contribution is 5.92. The molecule has 0 aliphatic carbocycles. The second-order valence-electron chi connectivity index (χ2n) is 4.39. The first-order chi connectivity index (χ1) is 9.63. The summed E-state index contributed by atoms with van der Waals surface area (Å²) in [7, 11) is 0. The number of nitrogens with one attached hydrogen (secondary N) is 2. The van der Waals surface area contributed by atoms with Crippen molar-refractivity contribution < 1.29 is 14.7 Å². The Morgan fingerprint density at radius 3 is 2.90 bits per heavy atom. The highest BCUT2D eigenvalue weighted by Crippen LogP contribution is 2.15. The van der Waals surface area contributed by atoms with E-state index in [1.165, 1.54) is 0 Å². The number of carbonyl (C=O) groups is 2. The Morgan fingerprint density at radius 2 is 2.30 bits per heavy atom. The molecule has 3 N–H and O–H groups in total. The average Bonchev–Trinajstić information content (AvgIpc) is 2.47. The van der Waals surface area contributed by atoms with Crippen LogP contribution in [0.4, 0.5) is 5.82 Å². The van der Waals surface area contributed by atoms with Crippen molar-refractivity contribution in [2.24, 2.45) is 0 Å². The Labute approximate surface area is 116 Å². The number of piperazine rings is 1. The van der Waals surface area contributed by atoms with E-state index in [0.717, 1.165) is 0 Å². The van der Waals surface area contributed by atoms with Crippen LogP contribution in [0.1, 0.15) is 17.4 Å². The van der Waals surface area contributed by atoms with E-state index in [-0.39, 0.29) is 11.6 Å². The number of hydrogen-bond donors (Lipinski definition) is 3. The maximum atomic E-state index is 11.6. The monoisotopic (exact) mass is 279 g/mol. The number of carbonyl (C=O) groups excluding carboxylic acids is 1. The molecule has 108 valence electrons. The summed E-state index contributed by atoms with van der Waals surface area (Å²) in [5, 5.41) is 22.7. The van der Waals surface area contributed by atoms with Crippen molar-refractivity contribution in [3.8, 4) is 0 Å². The molecule has 1 aliphatic rings. The highest BCUT2D eigenvalue weighted by atomic mass is 16.4. The number of nitrogens with zero attached hydrogens (tertiary/aromatic N) is 3. The van der Waals surface area contributed by atoms with Gasteiger partial charge in [0.1, 0.15) is 6.04 Å². The van der Waals surface area contributed by atoms with Crippen molar-refractivity contribution in [2.75, 3.05) is 31.1 Å². The standard InChI is InChI=1S/C12H17N5O3/c1-2-14-11(18)8-3-4-10(16-15-8)17-6-5-13-7-9(17)12(19)20/h3-4,9,13H,2,5-7H2,1H3,(H,14,18)(H,19,20). The molecule has 1 saturated heterocycles. The van der Waals surface area contributed by atoms with Gasteiger partial charge in [-0.1, -0.05) is 0 Å². The quantitative estimate of drug-likeness (QED) is 0.655. The van der Waals surface area contributed by atoms with Crippen LogP contribution in [0.3, 0.4) is 0 Å². The van der Waals surface area contributed by atoms with Crippen LogP contribution in [0.2, 0.25) is 0 Å². The molecule has 1 atom stereocenters. The number of rotatable bonds is 4. The predicted molar refractivity (Wildman–Crippen MR) is 71.7 cm³/mol. The third-order valence-electron chi connectivity index (χ3n) is 3.04. The Kier molecular flexibility index (Phi) is 4.46. The molecule has 0 bridgehead atoms. The predicted octanol–water partition coefficient (Wildman–Crippen LogP) is -0.911. The summed E-state index contributed by atoms with van der Waals surface area (Å²) >= 11 is 0. The summed E-state index contributed by atoms with van der Waals surface area (Å²) in [6, 6.07) is 2.50. The van der Waals surface area contributed by atoms with Crippen LogP contribution in [-0.4, -0.2) is 59.4 Å². The molecule has 1 aromatic heterocycles. The van der Waals surface area contributed by atoms with Crippen molar-refractivity contribution in [3.63, 3.8) is 0 Å². The minimum absolute atomic E-state index is 0.220. The van der Waals surface area contributed by atoms with Gasteiger partial charge in [-0.2, -0.15) is 0 Å². The molecule has 0 aromatic carbocycles. The van der Waals surface area contributed by atoms with E-state index in [1.54, 1.807) is 17.0 Å². The van der Waals surface area contributed by atoms with E-state index in [2.05, 4.69) is 20.8 Å². The molecule has 0 saturated carbocycles. The van der Waals surface area contributed by atoms with Gasteiger partial charge in [-0.3, -0.25) is 4.79 Å². The van der Waals surface area contributed by atoms with Gasteiger partial charge >= 0.3 is 5.97 Å². The zero-order valence-electron chi connectivity index (χ0n) is 11.2. The normalized spacial score (nSPS) is 18.6. The third-order valence-corrected chi connectivity index (χ3v) is 3.04. The highest BCUT2D eigenvalue weighted by Gasteiger charge is 2.29. The molecule has 8 nitrogen and oxygen atoms in total. The SMILES string of the molecule is CCNC(=O)c1ccc(N2CCNCC2C(=O)O)nn1. The van der Waals surface area contributed by atoms with Crippen LogP contribution in [-0.2, 0) is 4.79 Å². The molecule has 8 heteroatoms. The van der Waals surface area contributed by atoms with Crippen LogP contribution in [0, 0.1) is 0 Å². The minimum Gasteiger partial charge on any atom is -0.480 e. The Bertz CT molecular complexity index is 490. The Morgan fingerprint density at radius 1 is 1.50 bits per heavy atom. The number of anilines is 1. The summed E-state index contributed by atoms with van der Waals surface area (Å²) in [6.07, 6.45) is 0. The molecule has 20 heavy (non-hydrogen) atoms. The van der Waals surface area contributed by atoms with E-state index in [9.17, 15) is 14.7 Å². The lowest BCUT2D eigenvalue weighted by molar-refractivity contribution is -0.138. The fourth-order valence-corrected chi connectivity index (χ4v) is 2.05. The van der Waals surface area contributed by atoms with Gasteiger partial charge in [0.2, 0.25) is 0 Å². The van der Waals surface area contributed by atoms with Gasteiger partial charge in [-0.05, 0) is 19.1 Å². The van der Waals surface area contributed by atoms with Crippen molar-refractivity contribution >= 4 is 17.7 Å². The molecule has 0 radical (unpaired) electrons. The van der Waals surface area contributed by atoms with Crippen LogP contribution in [0.15, 0.2) is 12.1 Å². The molecule has 1 aromatic rings. The molecular formula is C12H17N5O3. The van der Waals surface area contributed by atoms with E-state index in [1.807, 2.05) is 6.92 Å². The Hall–Kier alpha value is -2.22. The van der Waals surface area contributed by atoms with E-state index in [4.69, 9.17) is 0 Å². The Balaban J connectivity index is 2.15. The van der Waals surface area contributed by atoms with Gasteiger partial charge < -0.3 is 20.6 Å². The van der Waals surface area contributed by atoms with Crippen LogP contribution in [0.5, 0.6) is 0 Å². The third kappa shape index (κ3) is 3.02. The van der Waals surface area contributed by atoms with Gasteiger partial charge in [0, 0.05) is 26.2 Å². The van der Waals surface area contributed by atoms with E-state index >= 15 is 0 Å². The van der Waals surface area contributed by atoms with Crippen molar-refractivity contribution in [2.45, 2.75) is 13.0 Å². The number of aromatic nitrogens is 2. The van der Waals surface area contributed by atoms with Crippen molar-refractivity contribution in [3.05, 3.63) is 17.8 Å². The van der Waals surface area contributed by atoms with Crippen LogP contribution >= 0.6 is 0 Å². The molecule has 1 fully saturated rings. The van der Waals surface area contributed by atoms with Crippen molar-refractivity contribution in [1.82, 2.24) is 20.8 Å². The summed E-state index contributed by atoms with van der Waals surface area (Å²) in [5.74, 6) is -0.736. The van der Waals surface area contributed by atoms with E-state index < -0.39 is 12.0 Å². The lowest BCUT2D eigenvalue weighted by Gasteiger charge is -2.33. The molecular weight excluding hydrogens is 262 g/mol. The van der Waals surface area contributed by atoms with Gasteiger partial charge in [-0.15, -0.1) is 10.2 Å². The fraction of sp³-hybridized carbons (Fsp3) is 0.500. The van der Waals surface area contributed by atoms with Gasteiger partial charge in [0.05, 0.1) is 0 Å². The van der Waals surface area contributed by atoms with Crippen LogP contribution < -0.4 is 15.5 Å². The second-order valence-corrected chi connectivity index (χ2v) is 4.39. The number of carboxylic acids is 1. The lowest BCUT2D eigenvalue weighted by atomic mass is 10.2. The van der Waals surface area contributed by atoms with Gasteiger partial charge in [0.15, 0.2) is 11.5 Å². The molecule has 2 rings (SSSR count). The first-order valence-electron chi connectivity index (χ1n) is 6.45. The number of hydrogen-bond acceptors (Lipinski definition) is 6. The molecule has 1 unspecified atom stereocenters. The second kappa shape index (κ2) is 6.29. The average molecular weight is 279 g/mol.